The number of nitrogens with zero attached hydrogens (tertiary/aromatic N) is 2. The summed E-state index contributed by atoms with van der Waals surface area (Å²) in [4.78, 5) is 14.5. The van der Waals surface area contributed by atoms with Gasteiger partial charge in [0.05, 0.1) is 17.0 Å². The van der Waals surface area contributed by atoms with Crippen molar-refractivity contribution in [3.05, 3.63) is 64.6 Å². The van der Waals surface area contributed by atoms with Crippen LogP contribution in [0.25, 0.3) is 0 Å². The second-order valence-corrected chi connectivity index (χ2v) is 10.4. The van der Waals surface area contributed by atoms with Gasteiger partial charge >= 0.3 is 0 Å². The molecular weight excluding hydrogens is 456 g/mol. The fourth-order valence-corrected chi connectivity index (χ4v) is 5.63. The van der Waals surface area contributed by atoms with Gasteiger partial charge in [-0.15, -0.1) is 0 Å². The summed E-state index contributed by atoms with van der Waals surface area (Å²) in [7, 11) is -3.53. The molecule has 2 aromatic carbocycles. The van der Waals surface area contributed by atoms with Crippen LogP contribution >= 0.6 is 15.9 Å². The fourth-order valence-electron chi connectivity index (χ4n) is 3.93. The number of sulfonamides is 1. The molecule has 0 unspecified atom stereocenters. The maximum atomic E-state index is 12.9. The van der Waals surface area contributed by atoms with E-state index in [4.69, 9.17) is 4.74 Å². The minimum Gasteiger partial charge on any atom is -0.363 e. The standard InChI is InChI=1S/C21H23BrN2O4S/c22-18-6-8-19(9-7-18)29(26,27)24-12-10-21(11-13-24)16-23(20(25)15-28-21)14-17-4-2-1-3-5-17/h1-9H,10-16H2. The van der Waals surface area contributed by atoms with E-state index in [9.17, 15) is 13.2 Å². The van der Waals surface area contributed by atoms with Gasteiger partial charge in [-0.25, -0.2) is 8.42 Å². The Balaban J connectivity index is 1.44. The van der Waals surface area contributed by atoms with Crippen LogP contribution in [0.5, 0.6) is 0 Å². The topological polar surface area (TPSA) is 66.9 Å². The van der Waals surface area contributed by atoms with E-state index in [0.717, 1.165) is 10.0 Å². The van der Waals surface area contributed by atoms with E-state index in [-0.39, 0.29) is 12.5 Å². The molecule has 2 aliphatic rings. The number of benzene rings is 2. The molecule has 1 amide bonds. The Bertz CT molecular complexity index is 972. The van der Waals surface area contributed by atoms with Crippen LogP contribution in [-0.4, -0.2) is 55.4 Å². The minimum atomic E-state index is -3.53. The Labute approximate surface area is 179 Å². The minimum absolute atomic E-state index is 0.0237. The van der Waals surface area contributed by atoms with E-state index >= 15 is 0 Å². The molecule has 2 aliphatic heterocycles. The monoisotopic (exact) mass is 478 g/mol. The van der Waals surface area contributed by atoms with E-state index in [1.54, 1.807) is 24.3 Å². The molecule has 1 spiro atoms. The summed E-state index contributed by atoms with van der Waals surface area (Å²) >= 11 is 3.33. The predicted octanol–water partition coefficient (Wildman–Crippen LogP) is 3.03. The SMILES string of the molecule is O=C1COC2(CCN(S(=O)(=O)c3ccc(Br)cc3)CC2)CN1Cc1ccccc1. The number of amides is 1. The lowest BCUT2D eigenvalue weighted by Crippen LogP contribution is -2.58. The first-order valence-corrected chi connectivity index (χ1v) is 11.8. The zero-order valence-corrected chi connectivity index (χ0v) is 18.4. The van der Waals surface area contributed by atoms with E-state index in [1.807, 2.05) is 35.2 Å². The van der Waals surface area contributed by atoms with Crippen LogP contribution in [0.1, 0.15) is 18.4 Å². The quantitative estimate of drug-likeness (QED) is 0.677. The Morgan fingerprint density at radius 2 is 1.66 bits per heavy atom. The molecule has 6 nitrogen and oxygen atoms in total. The summed E-state index contributed by atoms with van der Waals surface area (Å²) in [5, 5.41) is 0. The maximum absolute atomic E-state index is 12.9. The van der Waals surface area contributed by atoms with Crippen molar-refractivity contribution in [3.63, 3.8) is 0 Å². The van der Waals surface area contributed by atoms with E-state index in [0.29, 0.717) is 43.9 Å². The highest BCUT2D eigenvalue weighted by molar-refractivity contribution is 9.10. The lowest BCUT2D eigenvalue weighted by molar-refractivity contribution is -0.170. The Kier molecular flexibility index (Phi) is 5.79. The molecule has 0 saturated carbocycles. The molecule has 0 bridgehead atoms. The number of hydrogen-bond donors (Lipinski definition) is 0. The molecule has 0 radical (unpaired) electrons. The molecule has 0 aliphatic carbocycles. The molecular formula is C21H23BrN2O4S. The molecule has 2 saturated heterocycles. The molecule has 8 heteroatoms. The van der Waals surface area contributed by atoms with Crippen molar-refractivity contribution < 1.29 is 17.9 Å². The van der Waals surface area contributed by atoms with Gasteiger partial charge in [-0.2, -0.15) is 4.31 Å². The summed E-state index contributed by atoms with van der Waals surface area (Å²) in [5.41, 5.74) is 0.599. The van der Waals surface area contributed by atoms with Crippen LogP contribution in [0.4, 0.5) is 0 Å². The van der Waals surface area contributed by atoms with Crippen LogP contribution in [0.15, 0.2) is 64.0 Å². The Hall–Kier alpha value is -1.74. The summed E-state index contributed by atoms with van der Waals surface area (Å²) in [6.07, 6.45) is 1.14. The second kappa shape index (κ2) is 8.18. The van der Waals surface area contributed by atoms with Crippen LogP contribution in [-0.2, 0) is 26.1 Å². The number of ether oxygens (including phenoxy) is 1. The molecule has 154 valence electrons. The predicted molar refractivity (Wildman–Crippen MR) is 113 cm³/mol. The molecule has 0 aromatic heterocycles. The molecule has 2 heterocycles. The average Bonchev–Trinajstić information content (AvgIpc) is 2.72. The molecule has 0 N–H and O–H groups in total. The van der Waals surface area contributed by atoms with Crippen LogP contribution in [0.3, 0.4) is 0 Å². The number of carbonyl (C=O) groups excluding carboxylic acids is 1. The summed E-state index contributed by atoms with van der Waals surface area (Å²) < 4.78 is 34.2. The van der Waals surface area contributed by atoms with Gasteiger partial charge in [0.2, 0.25) is 15.9 Å². The van der Waals surface area contributed by atoms with Gasteiger partial charge in [-0.05, 0) is 42.7 Å². The molecule has 2 aromatic rings. The first-order valence-electron chi connectivity index (χ1n) is 9.59. The highest BCUT2D eigenvalue weighted by Gasteiger charge is 2.44. The van der Waals surface area contributed by atoms with Crippen molar-refractivity contribution in [2.45, 2.75) is 29.9 Å². The third kappa shape index (κ3) is 4.40. The average molecular weight is 479 g/mol. The molecule has 0 atom stereocenters. The Morgan fingerprint density at radius 1 is 1.00 bits per heavy atom. The summed E-state index contributed by atoms with van der Waals surface area (Å²) in [5.74, 6) is -0.0237. The molecule has 2 fully saturated rings. The first kappa shape index (κ1) is 20.5. The van der Waals surface area contributed by atoms with Crippen molar-refractivity contribution in [1.29, 1.82) is 0 Å². The van der Waals surface area contributed by atoms with Crippen LogP contribution in [0, 0.1) is 0 Å². The van der Waals surface area contributed by atoms with Crippen molar-refractivity contribution in [2.75, 3.05) is 26.2 Å². The highest BCUT2D eigenvalue weighted by atomic mass is 79.9. The lowest BCUT2D eigenvalue weighted by atomic mass is 9.90. The van der Waals surface area contributed by atoms with Crippen molar-refractivity contribution in [2.24, 2.45) is 0 Å². The number of carbonyl (C=O) groups is 1. The second-order valence-electron chi connectivity index (χ2n) is 7.57. The van der Waals surface area contributed by atoms with E-state index < -0.39 is 15.6 Å². The zero-order chi connectivity index (χ0) is 20.5. The number of halogens is 1. The zero-order valence-electron chi connectivity index (χ0n) is 16.0. The van der Waals surface area contributed by atoms with Gasteiger partial charge in [0, 0.05) is 24.1 Å². The molecule has 4 rings (SSSR count). The van der Waals surface area contributed by atoms with E-state index in [2.05, 4.69) is 15.9 Å². The maximum Gasteiger partial charge on any atom is 0.248 e. The van der Waals surface area contributed by atoms with Crippen LogP contribution < -0.4 is 0 Å². The number of morpholine rings is 1. The van der Waals surface area contributed by atoms with Crippen molar-refractivity contribution in [1.82, 2.24) is 9.21 Å². The van der Waals surface area contributed by atoms with Gasteiger partial charge in [0.25, 0.3) is 0 Å². The summed E-state index contributed by atoms with van der Waals surface area (Å²) in [6.45, 7) is 1.85. The third-order valence-electron chi connectivity index (χ3n) is 5.63. The largest absolute Gasteiger partial charge is 0.363 e. The Morgan fingerprint density at radius 3 is 2.31 bits per heavy atom. The highest BCUT2D eigenvalue weighted by Crippen LogP contribution is 2.33. The number of hydrogen-bond acceptors (Lipinski definition) is 4. The van der Waals surface area contributed by atoms with Gasteiger partial charge in [-0.3, -0.25) is 4.79 Å². The smallest absolute Gasteiger partial charge is 0.248 e. The number of rotatable bonds is 4. The lowest BCUT2D eigenvalue weighted by Gasteiger charge is -2.46. The number of piperidine rings is 1. The van der Waals surface area contributed by atoms with Gasteiger partial charge in [0.15, 0.2) is 0 Å². The molecule has 29 heavy (non-hydrogen) atoms. The van der Waals surface area contributed by atoms with E-state index in [1.165, 1.54) is 4.31 Å². The van der Waals surface area contributed by atoms with Gasteiger partial charge in [-0.1, -0.05) is 46.3 Å². The van der Waals surface area contributed by atoms with Gasteiger partial charge < -0.3 is 9.64 Å². The first-order chi connectivity index (χ1) is 13.9. The van der Waals surface area contributed by atoms with Crippen molar-refractivity contribution in [3.8, 4) is 0 Å². The van der Waals surface area contributed by atoms with Crippen LogP contribution in [0.2, 0.25) is 0 Å². The summed E-state index contributed by atoms with van der Waals surface area (Å²) in [6, 6.07) is 16.6. The third-order valence-corrected chi connectivity index (χ3v) is 8.08. The fraction of sp³-hybridized carbons (Fsp3) is 0.381. The van der Waals surface area contributed by atoms with Crippen molar-refractivity contribution >= 4 is 31.9 Å². The normalized spacial score (nSPS) is 20.2. The van der Waals surface area contributed by atoms with Gasteiger partial charge in [0.1, 0.15) is 6.61 Å².